The van der Waals surface area contributed by atoms with E-state index in [2.05, 4.69) is 13.2 Å². The Morgan fingerprint density at radius 1 is 1.11 bits per heavy atom. The molecule has 0 aromatic carbocycles. The summed E-state index contributed by atoms with van der Waals surface area (Å²) >= 11 is 0. The van der Waals surface area contributed by atoms with E-state index in [1.807, 2.05) is 0 Å². The SMILES string of the molecule is C=CC[Si](N)(N)CC=C. The zero-order valence-electron chi connectivity index (χ0n) is 5.64. The molecule has 0 unspecified atom stereocenters. The molecule has 0 aliphatic rings. The summed E-state index contributed by atoms with van der Waals surface area (Å²) in [6, 6.07) is 1.53. The standard InChI is InChI=1S/C6H14N2Si/c1-3-5-9(7,8)6-4-2/h3-4H,1-2,5-8H2. The molecule has 4 N–H and O–H groups in total. The van der Waals surface area contributed by atoms with Crippen molar-refractivity contribution in [3.63, 3.8) is 0 Å². The third-order valence-corrected chi connectivity index (χ3v) is 3.15. The van der Waals surface area contributed by atoms with Gasteiger partial charge in [0.05, 0.1) is 0 Å². The number of hydrogen-bond donors (Lipinski definition) is 2. The molecule has 52 valence electrons. The minimum absolute atomic E-state index is 0.763. The van der Waals surface area contributed by atoms with Crippen molar-refractivity contribution in [2.24, 2.45) is 10.8 Å². The van der Waals surface area contributed by atoms with Crippen molar-refractivity contribution in [2.75, 3.05) is 0 Å². The van der Waals surface area contributed by atoms with Gasteiger partial charge in [-0.05, 0) is 12.1 Å². The summed E-state index contributed by atoms with van der Waals surface area (Å²) in [6.45, 7) is 7.14. The van der Waals surface area contributed by atoms with Gasteiger partial charge in [-0.3, -0.25) is 0 Å². The van der Waals surface area contributed by atoms with E-state index in [1.165, 1.54) is 0 Å². The maximum atomic E-state index is 5.71. The minimum atomic E-state index is -1.94. The lowest BCUT2D eigenvalue weighted by atomic mass is 10.7. The Bertz CT molecular complexity index is 97.6. The number of hydrogen-bond acceptors (Lipinski definition) is 2. The summed E-state index contributed by atoms with van der Waals surface area (Å²) in [5.74, 6) is 0. The van der Waals surface area contributed by atoms with Crippen LogP contribution < -0.4 is 10.8 Å². The Morgan fingerprint density at radius 2 is 1.44 bits per heavy atom. The Kier molecular flexibility index (Phi) is 3.45. The molecule has 0 saturated heterocycles. The van der Waals surface area contributed by atoms with E-state index < -0.39 is 8.40 Å². The molecule has 0 atom stereocenters. The summed E-state index contributed by atoms with van der Waals surface area (Å²) in [6.07, 6.45) is 3.55. The van der Waals surface area contributed by atoms with E-state index >= 15 is 0 Å². The van der Waals surface area contributed by atoms with Crippen molar-refractivity contribution in [3.8, 4) is 0 Å². The third kappa shape index (κ3) is 4.14. The van der Waals surface area contributed by atoms with E-state index in [9.17, 15) is 0 Å². The van der Waals surface area contributed by atoms with Crippen LogP contribution in [0.4, 0.5) is 0 Å². The lowest BCUT2D eigenvalue weighted by Gasteiger charge is -2.15. The van der Waals surface area contributed by atoms with Crippen LogP contribution in [-0.2, 0) is 0 Å². The highest BCUT2D eigenvalue weighted by atomic mass is 28.3. The lowest BCUT2D eigenvalue weighted by molar-refractivity contribution is 1.32. The van der Waals surface area contributed by atoms with Crippen LogP contribution in [0.5, 0.6) is 0 Å². The van der Waals surface area contributed by atoms with Gasteiger partial charge < -0.3 is 10.8 Å². The normalized spacial score (nSPS) is 10.9. The molecule has 0 rings (SSSR count). The molecule has 3 heteroatoms. The van der Waals surface area contributed by atoms with E-state index in [-0.39, 0.29) is 0 Å². The molecule has 0 aliphatic carbocycles. The molecule has 0 aromatic heterocycles. The Balaban J connectivity index is 3.68. The molecule has 0 bridgehead atoms. The van der Waals surface area contributed by atoms with Crippen LogP contribution in [0, 0.1) is 0 Å². The van der Waals surface area contributed by atoms with E-state index in [0.29, 0.717) is 0 Å². The lowest BCUT2D eigenvalue weighted by Crippen LogP contribution is -2.54. The van der Waals surface area contributed by atoms with Crippen LogP contribution >= 0.6 is 0 Å². The van der Waals surface area contributed by atoms with Gasteiger partial charge in [0.1, 0.15) is 0 Å². The second-order valence-corrected chi connectivity index (χ2v) is 5.50. The molecule has 0 amide bonds. The topological polar surface area (TPSA) is 52.0 Å². The van der Waals surface area contributed by atoms with Crippen LogP contribution in [0.3, 0.4) is 0 Å². The van der Waals surface area contributed by atoms with Gasteiger partial charge in [0.15, 0.2) is 0 Å². The van der Waals surface area contributed by atoms with Gasteiger partial charge >= 0.3 is 0 Å². The van der Waals surface area contributed by atoms with Crippen molar-refractivity contribution in [1.82, 2.24) is 0 Å². The van der Waals surface area contributed by atoms with Gasteiger partial charge in [-0.15, -0.1) is 13.2 Å². The summed E-state index contributed by atoms with van der Waals surface area (Å²) < 4.78 is 0. The van der Waals surface area contributed by atoms with Gasteiger partial charge in [-0.2, -0.15) is 0 Å². The van der Waals surface area contributed by atoms with Gasteiger partial charge in [0.2, 0.25) is 8.40 Å². The van der Waals surface area contributed by atoms with Crippen molar-refractivity contribution in [3.05, 3.63) is 25.3 Å². The smallest absolute Gasteiger partial charge is 0.203 e. The van der Waals surface area contributed by atoms with Crippen LogP contribution in [0.15, 0.2) is 25.3 Å². The molecule has 0 saturated carbocycles. The Hall–Kier alpha value is -0.383. The predicted octanol–water partition coefficient (Wildman–Crippen LogP) is 0.718. The molecular weight excluding hydrogens is 128 g/mol. The molecular formula is C6H14N2Si. The maximum absolute atomic E-state index is 5.71. The quantitative estimate of drug-likeness (QED) is 0.449. The van der Waals surface area contributed by atoms with Crippen LogP contribution in [0.1, 0.15) is 0 Å². The van der Waals surface area contributed by atoms with Crippen molar-refractivity contribution in [1.29, 1.82) is 0 Å². The molecule has 0 heterocycles. The molecule has 9 heavy (non-hydrogen) atoms. The largest absolute Gasteiger partial charge is 0.339 e. The summed E-state index contributed by atoms with van der Waals surface area (Å²) in [5, 5.41) is 11.4. The number of allylic oxidation sites excluding steroid dienone is 2. The fourth-order valence-corrected chi connectivity index (χ4v) is 1.86. The second kappa shape index (κ2) is 3.61. The first kappa shape index (κ1) is 8.62. The molecule has 0 spiro atoms. The zero-order valence-corrected chi connectivity index (χ0v) is 6.64. The van der Waals surface area contributed by atoms with E-state index in [1.54, 1.807) is 12.2 Å². The van der Waals surface area contributed by atoms with Gasteiger partial charge in [-0.25, -0.2) is 0 Å². The number of nitrogens with two attached hydrogens (primary N) is 2. The molecule has 0 radical (unpaired) electrons. The molecule has 0 fully saturated rings. The average Bonchev–Trinajstić information content (AvgIpc) is 1.64. The predicted molar refractivity (Wildman–Crippen MR) is 44.1 cm³/mol. The van der Waals surface area contributed by atoms with E-state index in [4.69, 9.17) is 10.8 Å². The first-order valence-electron chi connectivity index (χ1n) is 2.92. The van der Waals surface area contributed by atoms with Gasteiger partial charge in [0, 0.05) is 0 Å². The highest BCUT2D eigenvalue weighted by Crippen LogP contribution is 2.01. The molecule has 0 aromatic rings. The first-order valence-corrected chi connectivity index (χ1v) is 5.49. The summed E-state index contributed by atoms with van der Waals surface area (Å²) in [5.41, 5.74) is 0. The maximum Gasteiger partial charge on any atom is 0.203 e. The molecule has 2 nitrogen and oxygen atoms in total. The summed E-state index contributed by atoms with van der Waals surface area (Å²) in [7, 11) is -1.94. The first-order chi connectivity index (χ1) is 4.12. The molecule has 0 aliphatic heterocycles. The van der Waals surface area contributed by atoms with Crippen molar-refractivity contribution >= 4 is 8.40 Å². The second-order valence-electron chi connectivity index (χ2n) is 2.22. The summed E-state index contributed by atoms with van der Waals surface area (Å²) in [4.78, 5) is 0. The highest BCUT2D eigenvalue weighted by molar-refractivity contribution is 6.74. The van der Waals surface area contributed by atoms with Crippen molar-refractivity contribution in [2.45, 2.75) is 12.1 Å². The fourth-order valence-electron chi connectivity index (χ4n) is 0.621. The van der Waals surface area contributed by atoms with Crippen LogP contribution in [0.25, 0.3) is 0 Å². The third-order valence-electron chi connectivity index (χ3n) is 1.05. The average molecular weight is 142 g/mol. The van der Waals surface area contributed by atoms with Crippen molar-refractivity contribution < 1.29 is 0 Å². The number of rotatable bonds is 4. The minimum Gasteiger partial charge on any atom is -0.339 e. The van der Waals surface area contributed by atoms with Crippen LogP contribution in [-0.4, -0.2) is 8.40 Å². The zero-order chi connectivity index (χ0) is 7.33. The van der Waals surface area contributed by atoms with E-state index in [0.717, 1.165) is 12.1 Å². The Morgan fingerprint density at radius 3 is 1.67 bits per heavy atom. The van der Waals surface area contributed by atoms with Gasteiger partial charge in [0.25, 0.3) is 0 Å². The highest BCUT2D eigenvalue weighted by Gasteiger charge is 2.18. The van der Waals surface area contributed by atoms with Gasteiger partial charge in [-0.1, -0.05) is 12.2 Å². The fraction of sp³-hybridized carbons (Fsp3) is 0.333. The monoisotopic (exact) mass is 142 g/mol. The Labute approximate surface area is 57.4 Å². The van der Waals surface area contributed by atoms with Crippen LogP contribution in [0.2, 0.25) is 12.1 Å².